The maximum absolute atomic E-state index is 12.6. The molecule has 1 N–H and O–H groups in total. The predicted octanol–water partition coefficient (Wildman–Crippen LogP) is 4.59. The Morgan fingerprint density at radius 1 is 1.19 bits per heavy atom. The molecule has 0 spiro atoms. The van der Waals surface area contributed by atoms with Crippen LogP contribution in [0.1, 0.15) is 18.1 Å². The highest BCUT2D eigenvalue weighted by molar-refractivity contribution is 6.33. The van der Waals surface area contributed by atoms with E-state index in [2.05, 4.69) is 15.5 Å². The Hall–Kier alpha value is -2.08. The molecule has 0 amide bonds. The molecule has 3 nitrogen and oxygen atoms in total. The zero-order valence-electron chi connectivity index (χ0n) is 10.9. The number of anilines is 1. The first-order valence-corrected chi connectivity index (χ1v) is 6.33. The van der Waals surface area contributed by atoms with Crippen LogP contribution in [0.5, 0.6) is 0 Å². The van der Waals surface area contributed by atoms with Gasteiger partial charge < -0.3 is 0 Å². The van der Waals surface area contributed by atoms with Gasteiger partial charge in [-0.3, -0.25) is 10.4 Å². The smallest absolute Gasteiger partial charge is 0.277 e. The van der Waals surface area contributed by atoms with Crippen molar-refractivity contribution < 1.29 is 13.2 Å². The van der Waals surface area contributed by atoms with Crippen molar-refractivity contribution in [1.29, 1.82) is 0 Å². The monoisotopic (exact) mass is 313 g/mol. The van der Waals surface area contributed by atoms with Gasteiger partial charge in [-0.05, 0) is 37.3 Å². The van der Waals surface area contributed by atoms with E-state index in [0.29, 0.717) is 5.71 Å². The molecular formula is C14H11ClF3N3. The van der Waals surface area contributed by atoms with Crippen LogP contribution in [0.15, 0.2) is 47.8 Å². The Morgan fingerprint density at radius 2 is 1.86 bits per heavy atom. The van der Waals surface area contributed by atoms with Crippen molar-refractivity contribution in [2.45, 2.75) is 13.1 Å². The Balaban J connectivity index is 2.24. The van der Waals surface area contributed by atoms with Gasteiger partial charge in [0, 0.05) is 18.0 Å². The third-order valence-corrected chi connectivity index (χ3v) is 3.07. The van der Waals surface area contributed by atoms with Crippen LogP contribution in [0.4, 0.5) is 18.9 Å². The number of nitrogens with one attached hydrogen (secondary N) is 1. The third kappa shape index (κ3) is 3.95. The largest absolute Gasteiger partial charge is 0.416 e. The van der Waals surface area contributed by atoms with E-state index in [1.165, 1.54) is 6.07 Å². The van der Waals surface area contributed by atoms with E-state index in [1.807, 2.05) is 0 Å². The molecule has 0 bridgehead atoms. The molecule has 21 heavy (non-hydrogen) atoms. The fourth-order valence-electron chi connectivity index (χ4n) is 1.59. The second-order valence-electron chi connectivity index (χ2n) is 4.24. The summed E-state index contributed by atoms with van der Waals surface area (Å²) in [6, 6.07) is 6.52. The number of benzene rings is 1. The summed E-state index contributed by atoms with van der Waals surface area (Å²) < 4.78 is 37.9. The first-order chi connectivity index (χ1) is 9.88. The van der Waals surface area contributed by atoms with Crippen LogP contribution >= 0.6 is 11.6 Å². The van der Waals surface area contributed by atoms with Crippen molar-refractivity contribution in [3.05, 3.63) is 58.9 Å². The number of halogens is 4. The summed E-state index contributed by atoms with van der Waals surface area (Å²) in [5.74, 6) is 0. The highest BCUT2D eigenvalue weighted by Crippen LogP contribution is 2.33. The van der Waals surface area contributed by atoms with Crippen LogP contribution in [-0.4, -0.2) is 10.7 Å². The van der Waals surface area contributed by atoms with Gasteiger partial charge in [-0.2, -0.15) is 18.3 Å². The summed E-state index contributed by atoms with van der Waals surface area (Å²) in [5.41, 5.74) is 3.28. The quantitative estimate of drug-likeness (QED) is 0.664. The molecule has 0 fully saturated rings. The minimum atomic E-state index is -4.43. The number of hydrogen-bond donors (Lipinski definition) is 1. The summed E-state index contributed by atoms with van der Waals surface area (Å²) in [6.07, 6.45) is -1.22. The van der Waals surface area contributed by atoms with E-state index in [1.54, 1.807) is 31.5 Å². The molecular weight excluding hydrogens is 303 g/mol. The predicted molar refractivity (Wildman–Crippen MR) is 76.5 cm³/mol. The van der Waals surface area contributed by atoms with Crippen LogP contribution in [0.2, 0.25) is 5.02 Å². The highest BCUT2D eigenvalue weighted by atomic mass is 35.5. The second-order valence-corrected chi connectivity index (χ2v) is 4.64. The minimum Gasteiger partial charge on any atom is -0.277 e. The minimum absolute atomic E-state index is 0.0971. The van der Waals surface area contributed by atoms with Gasteiger partial charge in [0.05, 0.1) is 22.0 Å². The number of alkyl halides is 3. The lowest BCUT2D eigenvalue weighted by Gasteiger charge is -2.10. The molecule has 0 aliphatic rings. The number of hydrazone groups is 1. The van der Waals surface area contributed by atoms with E-state index >= 15 is 0 Å². The first-order valence-electron chi connectivity index (χ1n) is 5.95. The number of nitrogens with zero attached hydrogens (tertiary/aromatic N) is 2. The molecule has 0 aliphatic carbocycles. The standard InChI is InChI=1S/C14H11ClF3N3/c1-9(10-4-6-19-7-5-10)20-21-13-8-11(14(16,17)18)2-3-12(13)15/h2-8,21H,1H3/b20-9-. The first kappa shape index (κ1) is 15.3. The molecule has 0 unspecified atom stereocenters. The summed E-state index contributed by atoms with van der Waals surface area (Å²) in [5, 5.41) is 4.20. The summed E-state index contributed by atoms with van der Waals surface area (Å²) in [4.78, 5) is 3.88. The van der Waals surface area contributed by atoms with Crippen molar-refractivity contribution in [3.8, 4) is 0 Å². The lowest BCUT2D eigenvalue weighted by Crippen LogP contribution is -2.06. The Bertz CT molecular complexity index is 654. The molecule has 110 valence electrons. The Labute approximate surface area is 124 Å². The Kier molecular flexibility index (Phi) is 4.47. The normalized spacial score (nSPS) is 12.3. The van der Waals surface area contributed by atoms with Gasteiger partial charge >= 0.3 is 6.18 Å². The van der Waals surface area contributed by atoms with Crippen LogP contribution in [0.25, 0.3) is 0 Å². The molecule has 1 heterocycles. The summed E-state index contributed by atoms with van der Waals surface area (Å²) >= 11 is 5.87. The molecule has 0 radical (unpaired) electrons. The van der Waals surface area contributed by atoms with Crippen molar-refractivity contribution in [1.82, 2.24) is 4.98 Å². The number of rotatable bonds is 3. The van der Waals surface area contributed by atoms with E-state index in [-0.39, 0.29) is 10.7 Å². The molecule has 2 rings (SSSR count). The molecule has 0 aliphatic heterocycles. The van der Waals surface area contributed by atoms with E-state index in [4.69, 9.17) is 11.6 Å². The Morgan fingerprint density at radius 3 is 2.48 bits per heavy atom. The SMILES string of the molecule is C/C(=N/Nc1cc(C(F)(F)F)ccc1Cl)c1ccncc1. The molecule has 0 saturated heterocycles. The third-order valence-electron chi connectivity index (χ3n) is 2.74. The van der Waals surface area contributed by atoms with Gasteiger partial charge in [0.15, 0.2) is 0 Å². The van der Waals surface area contributed by atoms with Gasteiger partial charge in [-0.25, -0.2) is 0 Å². The topological polar surface area (TPSA) is 37.3 Å². The number of aromatic nitrogens is 1. The fourth-order valence-corrected chi connectivity index (χ4v) is 1.75. The van der Waals surface area contributed by atoms with Gasteiger partial charge in [-0.15, -0.1) is 0 Å². The van der Waals surface area contributed by atoms with Gasteiger partial charge in [-0.1, -0.05) is 11.6 Å². The second kappa shape index (κ2) is 6.13. The average molecular weight is 314 g/mol. The maximum atomic E-state index is 12.6. The lowest BCUT2D eigenvalue weighted by atomic mass is 10.2. The van der Waals surface area contributed by atoms with Crippen LogP contribution < -0.4 is 5.43 Å². The number of hydrogen-bond acceptors (Lipinski definition) is 3. The lowest BCUT2D eigenvalue weighted by molar-refractivity contribution is -0.137. The zero-order valence-corrected chi connectivity index (χ0v) is 11.7. The molecule has 1 aromatic heterocycles. The van der Waals surface area contributed by atoms with E-state index < -0.39 is 11.7 Å². The van der Waals surface area contributed by atoms with Crippen molar-refractivity contribution in [2.24, 2.45) is 5.10 Å². The highest BCUT2D eigenvalue weighted by Gasteiger charge is 2.30. The van der Waals surface area contributed by atoms with Crippen molar-refractivity contribution in [2.75, 3.05) is 5.43 Å². The molecule has 1 aromatic carbocycles. The maximum Gasteiger partial charge on any atom is 0.416 e. The van der Waals surface area contributed by atoms with E-state index in [9.17, 15) is 13.2 Å². The molecule has 0 atom stereocenters. The van der Waals surface area contributed by atoms with Gasteiger partial charge in [0.2, 0.25) is 0 Å². The van der Waals surface area contributed by atoms with Crippen LogP contribution in [0, 0.1) is 0 Å². The molecule has 2 aromatic rings. The summed E-state index contributed by atoms with van der Waals surface area (Å²) in [7, 11) is 0. The fraction of sp³-hybridized carbons (Fsp3) is 0.143. The van der Waals surface area contributed by atoms with Gasteiger partial charge in [0.1, 0.15) is 0 Å². The van der Waals surface area contributed by atoms with Crippen molar-refractivity contribution in [3.63, 3.8) is 0 Å². The zero-order chi connectivity index (χ0) is 15.5. The number of pyridine rings is 1. The molecule has 7 heteroatoms. The molecule has 0 saturated carbocycles. The van der Waals surface area contributed by atoms with E-state index in [0.717, 1.165) is 17.7 Å². The van der Waals surface area contributed by atoms with Crippen LogP contribution in [-0.2, 0) is 6.18 Å². The summed E-state index contributed by atoms with van der Waals surface area (Å²) in [6.45, 7) is 1.73. The van der Waals surface area contributed by atoms with Crippen molar-refractivity contribution >= 4 is 23.0 Å². The average Bonchev–Trinajstić information content (AvgIpc) is 2.45. The van der Waals surface area contributed by atoms with Gasteiger partial charge in [0.25, 0.3) is 0 Å². The van der Waals surface area contributed by atoms with Crippen LogP contribution in [0.3, 0.4) is 0 Å².